The summed E-state index contributed by atoms with van der Waals surface area (Å²) in [6, 6.07) is 14.1. The quantitative estimate of drug-likeness (QED) is 0.873. The highest BCUT2D eigenvalue weighted by atomic mass is 35.5. The van der Waals surface area contributed by atoms with Crippen molar-refractivity contribution in [2.24, 2.45) is 0 Å². The number of rotatable bonds is 4. The summed E-state index contributed by atoms with van der Waals surface area (Å²) in [7, 11) is 0. The Morgan fingerprint density at radius 3 is 2.78 bits per heavy atom. The van der Waals surface area contributed by atoms with E-state index in [9.17, 15) is 4.79 Å². The van der Waals surface area contributed by atoms with Gasteiger partial charge >= 0.3 is 0 Å². The molecule has 0 aromatic heterocycles. The Kier molecular flexibility index (Phi) is 5.23. The van der Waals surface area contributed by atoms with E-state index in [1.165, 1.54) is 5.56 Å². The molecule has 0 saturated carbocycles. The Hall–Kier alpha value is -2.24. The van der Waals surface area contributed by atoms with E-state index < -0.39 is 0 Å². The fourth-order valence-corrected chi connectivity index (χ4v) is 4.10. The second-order valence-corrected chi connectivity index (χ2v) is 7.50. The SMILES string of the molecule is C[C@@H]1Cc2ccccc2N1C(=O)CNc1cc(Cl)ccc1N1CCOCC1. The van der Waals surface area contributed by atoms with Crippen molar-refractivity contribution in [2.45, 2.75) is 19.4 Å². The zero-order chi connectivity index (χ0) is 18.8. The number of hydrogen-bond acceptors (Lipinski definition) is 4. The standard InChI is InChI=1S/C21H24ClN3O2/c1-15-12-16-4-2-3-5-19(16)25(15)21(26)14-23-18-13-17(22)6-7-20(18)24-8-10-27-11-9-24/h2-7,13,15,23H,8-12,14H2,1H3/t15-/m1/s1. The topological polar surface area (TPSA) is 44.8 Å². The first-order chi connectivity index (χ1) is 13.1. The molecule has 0 unspecified atom stereocenters. The fourth-order valence-electron chi connectivity index (χ4n) is 3.93. The van der Waals surface area contributed by atoms with Crippen LogP contribution in [-0.2, 0) is 16.0 Å². The van der Waals surface area contributed by atoms with Crippen molar-refractivity contribution >= 4 is 34.6 Å². The lowest BCUT2D eigenvalue weighted by Crippen LogP contribution is -2.40. The molecule has 27 heavy (non-hydrogen) atoms. The molecule has 2 aliphatic heterocycles. The number of benzene rings is 2. The molecule has 2 aliphatic rings. The predicted molar refractivity (Wildman–Crippen MR) is 110 cm³/mol. The number of anilines is 3. The summed E-state index contributed by atoms with van der Waals surface area (Å²) in [5.74, 6) is 0.0698. The number of carbonyl (C=O) groups is 1. The van der Waals surface area contributed by atoms with Gasteiger partial charge in [0.05, 0.1) is 31.1 Å². The Balaban J connectivity index is 1.50. The highest BCUT2D eigenvalue weighted by molar-refractivity contribution is 6.31. The highest BCUT2D eigenvalue weighted by Gasteiger charge is 2.30. The third kappa shape index (κ3) is 3.75. The maximum absolute atomic E-state index is 13.0. The van der Waals surface area contributed by atoms with Crippen molar-refractivity contribution in [1.82, 2.24) is 0 Å². The van der Waals surface area contributed by atoms with Crippen LogP contribution in [-0.4, -0.2) is 44.8 Å². The van der Waals surface area contributed by atoms with Gasteiger partial charge in [0.2, 0.25) is 5.91 Å². The zero-order valence-corrected chi connectivity index (χ0v) is 16.2. The number of halogens is 1. The van der Waals surface area contributed by atoms with Crippen LogP contribution < -0.4 is 15.1 Å². The predicted octanol–water partition coefficient (Wildman–Crippen LogP) is 3.57. The largest absolute Gasteiger partial charge is 0.378 e. The van der Waals surface area contributed by atoms with Gasteiger partial charge in [-0.15, -0.1) is 0 Å². The molecule has 1 N–H and O–H groups in total. The summed E-state index contributed by atoms with van der Waals surface area (Å²) in [4.78, 5) is 17.1. The Bertz CT molecular complexity index is 836. The monoisotopic (exact) mass is 385 g/mol. The molecule has 142 valence electrons. The smallest absolute Gasteiger partial charge is 0.246 e. The minimum absolute atomic E-state index is 0.0698. The average molecular weight is 386 g/mol. The van der Waals surface area contributed by atoms with Crippen LogP contribution in [0.2, 0.25) is 5.02 Å². The van der Waals surface area contributed by atoms with Crippen LogP contribution in [0.25, 0.3) is 0 Å². The van der Waals surface area contributed by atoms with E-state index in [0.717, 1.165) is 36.6 Å². The van der Waals surface area contributed by atoms with Gasteiger partial charge in [-0.05, 0) is 43.2 Å². The third-order valence-electron chi connectivity index (χ3n) is 5.22. The first-order valence-corrected chi connectivity index (χ1v) is 9.77. The lowest BCUT2D eigenvalue weighted by Gasteiger charge is -2.31. The maximum Gasteiger partial charge on any atom is 0.246 e. The molecule has 2 heterocycles. The summed E-state index contributed by atoms with van der Waals surface area (Å²) in [5, 5.41) is 3.98. The molecule has 1 saturated heterocycles. The van der Waals surface area contributed by atoms with Gasteiger partial charge in [-0.1, -0.05) is 29.8 Å². The van der Waals surface area contributed by atoms with E-state index in [1.807, 2.05) is 41.3 Å². The molecule has 0 spiro atoms. The minimum Gasteiger partial charge on any atom is -0.378 e. The molecule has 0 radical (unpaired) electrons. The van der Waals surface area contributed by atoms with Crippen molar-refractivity contribution < 1.29 is 9.53 Å². The van der Waals surface area contributed by atoms with E-state index in [-0.39, 0.29) is 18.5 Å². The second-order valence-electron chi connectivity index (χ2n) is 7.06. The lowest BCUT2D eigenvalue weighted by molar-refractivity contribution is -0.117. The van der Waals surface area contributed by atoms with Crippen molar-refractivity contribution in [3.63, 3.8) is 0 Å². The normalized spacial score (nSPS) is 19.1. The third-order valence-corrected chi connectivity index (χ3v) is 5.45. The first kappa shape index (κ1) is 18.1. The van der Waals surface area contributed by atoms with Crippen molar-refractivity contribution in [3.05, 3.63) is 53.1 Å². The van der Waals surface area contributed by atoms with Crippen molar-refractivity contribution in [2.75, 3.05) is 48.0 Å². The molecule has 6 heteroatoms. The fraction of sp³-hybridized carbons (Fsp3) is 0.381. The Labute approximate surface area is 164 Å². The van der Waals surface area contributed by atoms with Gasteiger partial charge in [0.25, 0.3) is 0 Å². The van der Waals surface area contributed by atoms with Crippen LogP contribution in [0.3, 0.4) is 0 Å². The summed E-state index contributed by atoms with van der Waals surface area (Å²) in [6.45, 7) is 5.42. The number of para-hydroxylation sites is 1. The highest BCUT2D eigenvalue weighted by Crippen LogP contribution is 2.33. The molecule has 1 fully saturated rings. The molecule has 2 aromatic rings. The van der Waals surface area contributed by atoms with Crippen molar-refractivity contribution in [1.29, 1.82) is 0 Å². The minimum atomic E-state index is 0.0698. The lowest BCUT2D eigenvalue weighted by atomic mass is 10.1. The van der Waals surface area contributed by atoms with E-state index in [4.69, 9.17) is 16.3 Å². The number of nitrogens with one attached hydrogen (secondary N) is 1. The average Bonchev–Trinajstić information content (AvgIpc) is 3.02. The summed E-state index contributed by atoms with van der Waals surface area (Å²) in [5.41, 5.74) is 4.20. The number of morpholine rings is 1. The van der Waals surface area contributed by atoms with Gasteiger partial charge in [0.15, 0.2) is 0 Å². The summed E-state index contributed by atoms with van der Waals surface area (Å²) >= 11 is 6.21. The van der Waals surface area contributed by atoms with Crippen LogP contribution in [0.5, 0.6) is 0 Å². The molecule has 1 amide bonds. The summed E-state index contributed by atoms with van der Waals surface area (Å²) in [6.07, 6.45) is 0.901. The zero-order valence-electron chi connectivity index (χ0n) is 15.5. The number of fused-ring (bicyclic) bond motifs is 1. The number of amides is 1. The number of ether oxygens (including phenoxy) is 1. The first-order valence-electron chi connectivity index (χ1n) is 9.39. The van der Waals surface area contributed by atoms with Crippen LogP contribution in [0.15, 0.2) is 42.5 Å². The van der Waals surface area contributed by atoms with Crippen LogP contribution in [0.4, 0.5) is 17.1 Å². The Morgan fingerprint density at radius 2 is 1.96 bits per heavy atom. The van der Waals surface area contributed by atoms with Crippen LogP contribution in [0.1, 0.15) is 12.5 Å². The van der Waals surface area contributed by atoms with E-state index in [0.29, 0.717) is 18.2 Å². The molecular weight excluding hydrogens is 362 g/mol. The Morgan fingerprint density at radius 1 is 1.19 bits per heavy atom. The molecule has 4 rings (SSSR count). The molecule has 2 aromatic carbocycles. The molecule has 5 nitrogen and oxygen atoms in total. The second kappa shape index (κ2) is 7.79. The van der Waals surface area contributed by atoms with Crippen LogP contribution in [0, 0.1) is 0 Å². The van der Waals surface area contributed by atoms with Gasteiger partial charge in [0.1, 0.15) is 0 Å². The molecule has 1 atom stereocenters. The van der Waals surface area contributed by atoms with Crippen LogP contribution >= 0.6 is 11.6 Å². The number of hydrogen-bond donors (Lipinski definition) is 1. The van der Waals surface area contributed by atoms with E-state index >= 15 is 0 Å². The van der Waals surface area contributed by atoms with E-state index in [1.54, 1.807) is 0 Å². The number of carbonyl (C=O) groups excluding carboxylic acids is 1. The van der Waals surface area contributed by atoms with Gasteiger partial charge < -0.3 is 19.9 Å². The van der Waals surface area contributed by atoms with Gasteiger partial charge in [-0.3, -0.25) is 4.79 Å². The maximum atomic E-state index is 13.0. The van der Waals surface area contributed by atoms with Gasteiger partial charge in [-0.2, -0.15) is 0 Å². The molecular formula is C21H24ClN3O2. The summed E-state index contributed by atoms with van der Waals surface area (Å²) < 4.78 is 5.45. The van der Waals surface area contributed by atoms with E-state index in [2.05, 4.69) is 23.2 Å². The number of nitrogens with zero attached hydrogens (tertiary/aromatic N) is 2. The molecule has 0 bridgehead atoms. The van der Waals surface area contributed by atoms with Crippen molar-refractivity contribution in [3.8, 4) is 0 Å². The van der Waals surface area contributed by atoms with Gasteiger partial charge in [0, 0.05) is 29.8 Å². The molecule has 0 aliphatic carbocycles. The van der Waals surface area contributed by atoms with Gasteiger partial charge in [-0.25, -0.2) is 0 Å².